The number of ether oxygens (including phenoxy) is 1. The van der Waals surface area contributed by atoms with Crippen LogP contribution in [0.1, 0.15) is 43.5 Å². The standard InChI is InChI=1S/C27H28N6O3S/c1-26-11-6-12-31(17-28)24(26)23-19(10-13-32-15-20(29-30-32)22-9-5-14-37-22)18-7-3-4-8-21(18)33(23)27(35,16-26)25(34)36-2/h3-5,7-9,14-15,24,35H,6,10-13,16H2,1-2H3/t24-,26+,27+/m1/s1. The molecule has 9 nitrogen and oxygen atoms in total. The predicted molar refractivity (Wildman–Crippen MR) is 138 cm³/mol. The number of carbonyl (C=O) groups excluding carboxylic acids is 1. The number of esters is 1. The molecule has 0 amide bonds. The van der Waals surface area contributed by atoms with Crippen LogP contribution in [0.3, 0.4) is 0 Å². The van der Waals surface area contributed by atoms with Gasteiger partial charge < -0.3 is 19.3 Å². The first-order chi connectivity index (χ1) is 17.9. The van der Waals surface area contributed by atoms with Crippen LogP contribution in [-0.2, 0) is 28.2 Å². The molecule has 5 heterocycles. The Hall–Kier alpha value is -3.68. The number of likely N-dealkylation sites (tertiary alicyclic amines) is 1. The van der Waals surface area contributed by atoms with E-state index in [0.717, 1.165) is 45.6 Å². The number of nitriles is 1. The Morgan fingerprint density at radius 2 is 2.16 bits per heavy atom. The van der Waals surface area contributed by atoms with Gasteiger partial charge >= 0.3 is 5.97 Å². The normalized spacial score (nSPS) is 24.9. The maximum atomic E-state index is 13.2. The molecule has 2 aliphatic rings. The number of hydrogen-bond acceptors (Lipinski definition) is 8. The molecule has 1 N–H and O–H groups in total. The zero-order chi connectivity index (χ0) is 25.8. The van der Waals surface area contributed by atoms with Crippen LogP contribution in [0, 0.1) is 16.9 Å². The number of aliphatic hydroxyl groups is 1. The molecule has 0 radical (unpaired) electrons. The summed E-state index contributed by atoms with van der Waals surface area (Å²) in [6.45, 7) is 3.28. The molecule has 6 rings (SSSR count). The van der Waals surface area contributed by atoms with Gasteiger partial charge in [0.1, 0.15) is 5.69 Å². The van der Waals surface area contributed by atoms with Crippen molar-refractivity contribution in [2.24, 2.45) is 5.41 Å². The molecule has 0 bridgehead atoms. The molecule has 4 aromatic rings. The largest absolute Gasteiger partial charge is 0.465 e. The lowest BCUT2D eigenvalue weighted by Crippen LogP contribution is -2.57. The lowest BCUT2D eigenvalue weighted by Gasteiger charge is -2.53. The Morgan fingerprint density at radius 1 is 1.32 bits per heavy atom. The van der Waals surface area contributed by atoms with E-state index in [1.807, 2.05) is 57.6 Å². The number of carbonyl (C=O) groups is 1. The minimum Gasteiger partial charge on any atom is -0.465 e. The number of rotatable bonds is 5. The molecule has 3 aromatic heterocycles. The molecule has 190 valence electrons. The monoisotopic (exact) mass is 516 g/mol. The van der Waals surface area contributed by atoms with E-state index in [2.05, 4.69) is 23.4 Å². The highest BCUT2D eigenvalue weighted by atomic mass is 32.1. The summed E-state index contributed by atoms with van der Waals surface area (Å²) in [7, 11) is 1.30. The van der Waals surface area contributed by atoms with Gasteiger partial charge in [-0.05, 0) is 47.8 Å². The summed E-state index contributed by atoms with van der Waals surface area (Å²) in [6.07, 6.45) is 6.72. The van der Waals surface area contributed by atoms with Gasteiger partial charge in [0.25, 0.3) is 0 Å². The van der Waals surface area contributed by atoms with Crippen LogP contribution < -0.4 is 0 Å². The number of aryl methyl sites for hydroxylation is 2. The zero-order valence-corrected chi connectivity index (χ0v) is 21.6. The van der Waals surface area contributed by atoms with Crippen molar-refractivity contribution in [2.45, 2.75) is 50.9 Å². The van der Waals surface area contributed by atoms with Crippen LogP contribution in [0.15, 0.2) is 48.0 Å². The number of aromatic nitrogens is 4. The molecular formula is C27H28N6O3S. The molecule has 2 aliphatic heterocycles. The molecule has 1 aromatic carbocycles. The van der Waals surface area contributed by atoms with E-state index in [4.69, 9.17) is 4.74 Å². The highest BCUT2D eigenvalue weighted by Crippen LogP contribution is 2.57. The third kappa shape index (κ3) is 3.56. The van der Waals surface area contributed by atoms with Crippen molar-refractivity contribution < 1.29 is 14.6 Å². The quantitative estimate of drug-likeness (QED) is 0.315. The first-order valence-electron chi connectivity index (χ1n) is 12.4. The average molecular weight is 517 g/mol. The Morgan fingerprint density at radius 3 is 2.92 bits per heavy atom. The molecule has 0 unspecified atom stereocenters. The van der Waals surface area contributed by atoms with Crippen LogP contribution in [0.4, 0.5) is 0 Å². The van der Waals surface area contributed by atoms with Crippen molar-refractivity contribution in [1.82, 2.24) is 24.5 Å². The number of nitrogens with zero attached hydrogens (tertiary/aromatic N) is 6. The van der Waals surface area contributed by atoms with Gasteiger partial charge in [0.05, 0.1) is 29.7 Å². The maximum Gasteiger partial charge on any atom is 0.359 e. The summed E-state index contributed by atoms with van der Waals surface area (Å²) in [5, 5.41) is 33.8. The Labute approximate surface area is 218 Å². The fraction of sp³-hybridized carbons (Fsp3) is 0.407. The van der Waals surface area contributed by atoms with E-state index in [9.17, 15) is 15.2 Å². The topological polar surface area (TPSA) is 109 Å². The van der Waals surface area contributed by atoms with Gasteiger partial charge in [0.15, 0.2) is 6.19 Å². The molecule has 37 heavy (non-hydrogen) atoms. The van der Waals surface area contributed by atoms with Crippen molar-refractivity contribution in [2.75, 3.05) is 13.7 Å². The van der Waals surface area contributed by atoms with Gasteiger partial charge in [0.2, 0.25) is 5.72 Å². The van der Waals surface area contributed by atoms with Crippen molar-refractivity contribution >= 4 is 28.2 Å². The molecule has 0 saturated carbocycles. The summed E-state index contributed by atoms with van der Waals surface area (Å²) >= 11 is 1.62. The van der Waals surface area contributed by atoms with Crippen LogP contribution in [0.25, 0.3) is 21.5 Å². The van der Waals surface area contributed by atoms with Crippen LogP contribution in [0.2, 0.25) is 0 Å². The number of thiophene rings is 1. The average Bonchev–Trinajstić information content (AvgIpc) is 3.65. The van der Waals surface area contributed by atoms with Crippen molar-refractivity contribution in [3.8, 4) is 16.8 Å². The van der Waals surface area contributed by atoms with E-state index < -0.39 is 17.1 Å². The highest BCUT2D eigenvalue weighted by molar-refractivity contribution is 7.13. The summed E-state index contributed by atoms with van der Waals surface area (Å²) in [6, 6.07) is 11.5. The van der Waals surface area contributed by atoms with E-state index in [0.29, 0.717) is 19.5 Å². The molecule has 0 spiro atoms. The molecular weight excluding hydrogens is 488 g/mol. The third-order valence-electron chi connectivity index (χ3n) is 7.96. The van der Waals surface area contributed by atoms with Gasteiger partial charge in [-0.15, -0.1) is 16.4 Å². The van der Waals surface area contributed by atoms with Gasteiger partial charge in [-0.25, -0.2) is 4.79 Å². The Balaban J connectivity index is 1.51. The van der Waals surface area contributed by atoms with E-state index >= 15 is 0 Å². The molecule has 3 atom stereocenters. The number of para-hydroxylation sites is 1. The molecule has 1 fully saturated rings. The lowest BCUT2D eigenvalue weighted by atomic mass is 9.66. The molecule has 0 aliphatic carbocycles. The van der Waals surface area contributed by atoms with Crippen molar-refractivity contribution in [3.05, 3.63) is 59.2 Å². The van der Waals surface area contributed by atoms with Gasteiger partial charge in [-0.1, -0.05) is 36.4 Å². The second kappa shape index (κ2) is 8.71. The fourth-order valence-electron chi connectivity index (χ4n) is 6.48. The molecule has 1 saturated heterocycles. The van der Waals surface area contributed by atoms with E-state index in [-0.39, 0.29) is 12.5 Å². The summed E-state index contributed by atoms with van der Waals surface area (Å²) in [4.78, 5) is 16.1. The van der Waals surface area contributed by atoms with Crippen LogP contribution in [0.5, 0.6) is 0 Å². The number of fused-ring (bicyclic) bond motifs is 5. The predicted octanol–water partition coefficient (Wildman–Crippen LogP) is 4.05. The number of piperidine rings is 1. The van der Waals surface area contributed by atoms with Gasteiger partial charge in [-0.3, -0.25) is 4.68 Å². The van der Waals surface area contributed by atoms with Crippen molar-refractivity contribution in [1.29, 1.82) is 5.26 Å². The smallest absolute Gasteiger partial charge is 0.359 e. The maximum absolute atomic E-state index is 13.2. The minimum atomic E-state index is -1.87. The van der Waals surface area contributed by atoms with Crippen LogP contribution >= 0.6 is 11.3 Å². The Kier molecular flexibility index (Phi) is 5.58. The van der Waals surface area contributed by atoms with E-state index in [1.54, 1.807) is 15.9 Å². The first-order valence-corrected chi connectivity index (χ1v) is 13.3. The summed E-state index contributed by atoms with van der Waals surface area (Å²) < 4.78 is 8.71. The van der Waals surface area contributed by atoms with Gasteiger partial charge in [-0.2, -0.15) is 5.26 Å². The van der Waals surface area contributed by atoms with E-state index in [1.165, 1.54) is 7.11 Å². The van der Waals surface area contributed by atoms with Crippen molar-refractivity contribution in [3.63, 3.8) is 0 Å². The zero-order valence-electron chi connectivity index (χ0n) is 20.8. The summed E-state index contributed by atoms with van der Waals surface area (Å²) in [5.41, 5.74) is 1.03. The SMILES string of the molecule is COC(=O)[C@@]1(O)C[C@]2(C)CCCN(C#N)[C@@H]2c2c(CCn3cc(-c4cccs4)nn3)c3ccccc3n21. The second-order valence-corrected chi connectivity index (χ2v) is 11.2. The van der Waals surface area contributed by atoms with Gasteiger partial charge in [0, 0.05) is 30.6 Å². The second-order valence-electron chi connectivity index (χ2n) is 10.2. The number of methoxy groups -OCH3 is 1. The third-order valence-corrected chi connectivity index (χ3v) is 8.85. The Bertz CT molecular complexity index is 1520. The lowest BCUT2D eigenvalue weighted by molar-refractivity contribution is -0.189. The number of hydrogen-bond donors (Lipinski definition) is 1. The molecule has 10 heteroatoms. The summed E-state index contributed by atoms with van der Waals surface area (Å²) in [5.74, 6) is -0.688. The number of benzene rings is 1. The minimum absolute atomic E-state index is 0.174. The van der Waals surface area contributed by atoms with Crippen LogP contribution in [-0.4, -0.2) is 49.2 Å². The first kappa shape index (κ1) is 23.7. The fourth-order valence-corrected chi connectivity index (χ4v) is 7.16. The highest BCUT2D eigenvalue weighted by Gasteiger charge is 2.58.